The largest absolute Gasteiger partial charge is 0.370 e. The molecule has 1 saturated heterocycles. The van der Waals surface area contributed by atoms with Crippen molar-refractivity contribution < 1.29 is 0 Å². The minimum Gasteiger partial charge on any atom is -0.370 e. The van der Waals surface area contributed by atoms with Gasteiger partial charge in [0.2, 0.25) is 0 Å². The molecule has 1 aliphatic heterocycles. The molecule has 0 bridgehead atoms. The first-order valence-corrected chi connectivity index (χ1v) is 7.30. The van der Waals surface area contributed by atoms with Gasteiger partial charge in [-0.15, -0.1) is 11.8 Å². The van der Waals surface area contributed by atoms with Crippen LogP contribution in [0.1, 0.15) is 25.3 Å². The molecule has 90 valence electrons. The first-order valence-electron chi connectivity index (χ1n) is 6.08. The molecular weight excluding hydrogens is 228 g/mol. The fourth-order valence-electron chi connectivity index (χ4n) is 2.47. The van der Waals surface area contributed by atoms with Crippen molar-refractivity contribution in [3.05, 3.63) is 23.8 Å². The Bertz CT molecular complexity index is 436. The van der Waals surface area contributed by atoms with Crippen LogP contribution in [0.4, 0.5) is 5.69 Å². The molecule has 2 rings (SSSR count). The molecule has 0 spiro atoms. The molecule has 1 fully saturated rings. The van der Waals surface area contributed by atoms with Crippen LogP contribution in [0.2, 0.25) is 0 Å². The summed E-state index contributed by atoms with van der Waals surface area (Å²) in [5, 5.41) is 9.34. The summed E-state index contributed by atoms with van der Waals surface area (Å²) in [4.78, 5) is 3.45. The quantitative estimate of drug-likeness (QED) is 0.747. The van der Waals surface area contributed by atoms with Crippen molar-refractivity contribution in [3.8, 4) is 6.07 Å². The van der Waals surface area contributed by atoms with Crippen LogP contribution in [0, 0.1) is 17.2 Å². The van der Waals surface area contributed by atoms with E-state index in [4.69, 9.17) is 0 Å². The first kappa shape index (κ1) is 12.3. The lowest BCUT2D eigenvalue weighted by Crippen LogP contribution is -2.34. The van der Waals surface area contributed by atoms with Crippen molar-refractivity contribution in [2.75, 3.05) is 24.2 Å². The molecule has 1 aromatic carbocycles. The maximum atomic E-state index is 9.34. The van der Waals surface area contributed by atoms with Crippen LogP contribution < -0.4 is 4.90 Å². The first-order chi connectivity index (χ1) is 8.26. The Hall–Kier alpha value is -1.14. The Morgan fingerprint density at radius 2 is 2.29 bits per heavy atom. The maximum absolute atomic E-state index is 9.34. The van der Waals surface area contributed by atoms with Crippen molar-refractivity contribution in [1.82, 2.24) is 0 Å². The molecule has 2 nitrogen and oxygen atoms in total. The Morgan fingerprint density at radius 3 is 2.94 bits per heavy atom. The van der Waals surface area contributed by atoms with Crippen molar-refractivity contribution in [3.63, 3.8) is 0 Å². The SMILES string of the molecule is CSc1cccc(N2CCCC(C)C2)c1C#N. The molecule has 1 aromatic rings. The van der Waals surface area contributed by atoms with Gasteiger partial charge in [0.25, 0.3) is 0 Å². The van der Waals surface area contributed by atoms with Gasteiger partial charge in [0.1, 0.15) is 6.07 Å². The second kappa shape index (κ2) is 5.46. The minimum atomic E-state index is 0.730. The van der Waals surface area contributed by atoms with Crippen LogP contribution in [0.3, 0.4) is 0 Å². The molecule has 1 atom stereocenters. The van der Waals surface area contributed by atoms with E-state index in [-0.39, 0.29) is 0 Å². The molecule has 0 radical (unpaired) electrons. The van der Waals surface area contributed by atoms with Gasteiger partial charge in [-0.2, -0.15) is 5.26 Å². The number of thioether (sulfide) groups is 1. The lowest BCUT2D eigenvalue weighted by molar-refractivity contribution is 0.446. The molecule has 1 aliphatic rings. The highest BCUT2D eigenvalue weighted by atomic mass is 32.2. The van der Waals surface area contributed by atoms with Crippen molar-refractivity contribution in [2.45, 2.75) is 24.7 Å². The van der Waals surface area contributed by atoms with Crippen molar-refractivity contribution in [1.29, 1.82) is 5.26 Å². The van der Waals surface area contributed by atoms with E-state index in [1.54, 1.807) is 11.8 Å². The Labute approximate surface area is 108 Å². The Kier molecular flexibility index (Phi) is 3.96. The number of anilines is 1. The molecule has 3 heteroatoms. The Balaban J connectivity index is 2.34. The zero-order valence-electron chi connectivity index (χ0n) is 10.4. The summed E-state index contributed by atoms with van der Waals surface area (Å²) in [6.45, 7) is 4.44. The molecule has 17 heavy (non-hydrogen) atoms. The summed E-state index contributed by atoms with van der Waals surface area (Å²) >= 11 is 1.65. The van der Waals surface area contributed by atoms with Gasteiger partial charge in [0, 0.05) is 18.0 Å². The predicted octanol–water partition coefficient (Wildman–Crippen LogP) is 3.52. The van der Waals surface area contributed by atoms with E-state index in [1.807, 2.05) is 12.3 Å². The van der Waals surface area contributed by atoms with Crippen LogP contribution in [-0.2, 0) is 0 Å². The standard InChI is InChI=1S/C14H18N2S/c1-11-5-4-8-16(10-11)13-6-3-7-14(17-2)12(13)9-15/h3,6-7,11H,4-5,8,10H2,1-2H3. The van der Waals surface area contributed by atoms with Crippen LogP contribution in [0.5, 0.6) is 0 Å². The van der Waals surface area contributed by atoms with Crippen LogP contribution in [0.15, 0.2) is 23.1 Å². The summed E-state index contributed by atoms with van der Waals surface area (Å²) in [7, 11) is 0. The van der Waals surface area contributed by atoms with E-state index in [0.29, 0.717) is 0 Å². The molecule has 1 heterocycles. The van der Waals surface area contributed by atoms with Gasteiger partial charge < -0.3 is 4.90 Å². The molecule has 1 unspecified atom stereocenters. The lowest BCUT2D eigenvalue weighted by atomic mass is 9.99. The fraction of sp³-hybridized carbons (Fsp3) is 0.500. The number of rotatable bonds is 2. The van der Waals surface area contributed by atoms with E-state index < -0.39 is 0 Å². The van der Waals surface area contributed by atoms with Crippen LogP contribution in [-0.4, -0.2) is 19.3 Å². The minimum absolute atomic E-state index is 0.730. The van der Waals surface area contributed by atoms with Gasteiger partial charge in [-0.05, 0) is 37.1 Å². The van der Waals surface area contributed by atoms with Crippen molar-refractivity contribution in [2.24, 2.45) is 5.92 Å². The van der Waals surface area contributed by atoms with Crippen LogP contribution >= 0.6 is 11.8 Å². The molecule has 0 aromatic heterocycles. The molecular formula is C14H18N2S. The summed E-state index contributed by atoms with van der Waals surface area (Å²) in [5.74, 6) is 0.730. The predicted molar refractivity (Wildman–Crippen MR) is 73.5 cm³/mol. The molecule has 0 aliphatic carbocycles. The van der Waals surface area contributed by atoms with Crippen LogP contribution in [0.25, 0.3) is 0 Å². The van der Waals surface area contributed by atoms with Gasteiger partial charge in [-0.25, -0.2) is 0 Å². The smallest absolute Gasteiger partial charge is 0.103 e. The van der Waals surface area contributed by atoms with E-state index >= 15 is 0 Å². The van der Waals surface area contributed by atoms with E-state index in [2.05, 4.69) is 30.0 Å². The van der Waals surface area contributed by atoms with Gasteiger partial charge >= 0.3 is 0 Å². The number of nitriles is 1. The van der Waals surface area contributed by atoms with Gasteiger partial charge in [0.05, 0.1) is 11.3 Å². The number of hydrogen-bond acceptors (Lipinski definition) is 3. The summed E-state index contributed by atoms with van der Waals surface area (Å²) in [6, 6.07) is 8.53. The highest BCUT2D eigenvalue weighted by Gasteiger charge is 2.19. The second-order valence-corrected chi connectivity index (χ2v) is 5.51. The number of benzene rings is 1. The highest BCUT2D eigenvalue weighted by molar-refractivity contribution is 7.98. The fourth-order valence-corrected chi connectivity index (χ4v) is 3.04. The van der Waals surface area contributed by atoms with Gasteiger partial charge in [-0.1, -0.05) is 13.0 Å². The van der Waals surface area contributed by atoms with Gasteiger partial charge in [0.15, 0.2) is 0 Å². The highest BCUT2D eigenvalue weighted by Crippen LogP contribution is 2.31. The number of hydrogen-bond donors (Lipinski definition) is 0. The normalized spacial score (nSPS) is 20.1. The summed E-state index contributed by atoms with van der Waals surface area (Å²) in [5.41, 5.74) is 1.96. The number of piperidine rings is 1. The third kappa shape index (κ3) is 2.58. The Morgan fingerprint density at radius 1 is 1.47 bits per heavy atom. The maximum Gasteiger partial charge on any atom is 0.103 e. The third-order valence-corrected chi connectivity index (χ3v) is 4.11. The van der Waals surface area contributed by atoms with E-state index in [9.17, 15) is 5.26 Å². The number of nitrogens with zero attached hydrogens (tertiary/aromatic N) is 2. The average molecular weight is 246 g/mol. The lowest BCUT2D eigenvalue weighted by Gasteiger charge is -2.33. The molecule has 0 amide bonds. The third-order valence-electron chi connectivity index (χ3n) is 3.33. The summed E-state index contributed by atoms with van der Waals surface area (Å²) < 4.78 is 0. The zero-order chi connectivity index (χ0) is 12.3. The topological polar surface area (TPSA) is 27.0 Å². The molecule has 0 saturated carbocycles. The second-order valence-electron chi connectivity index (χ2n) is 4.66. The van der Waals surface area contributed by atoms with E-state index in [0.717, 1.165) is 35.2 Å². The monoisotopic (exact) mass is 246 g/mol. The van der Waals surface area contributed by atoms with Gasteiger partial charge in [-0.3, -0.25) is 0 Å². The molecule has 0 N–H and O–H groups in total. The van der Waals surface area contributed by atoms with Crippen molar-refractivity contribution >= 4 is 17.4 Å². The average Bonchev–Trinajstić information content (AvgIpc) is 2.37. The summed E-state index contributed by atoms with van der Waals surface area (Å²) in [6.07, 6.45) is 4.56. The van der Waals surface area contributed by atoms with E-state index in [1.165, 1.54) is 12.8 Å². The zero-order valence-corrected chi connectivity index (χ0v) is 11.3.